The minimum absolute atomic E-state index is 0.260. The van der Waals surface area contributed by atoms with Gasteiger partial charge in [-0.25, -0.2) is 4.79 Å². The summed E-state index contributed by atoms with van der Waals surface area (Å²) in [5, 5.41) is 21.7. The number of rotatable bonds is 2. The third-order valence-corrected chi connectivity index (χ3v) is 4.76. The van der Waals surface area contributed by atoms with Gasteiger partial charge in [0.25, 0.3) is 0 Å². The van der Waals surface area contributed by atoms with Gasteiger partial charge < -0.3 is 19.9 Å². The zero-order chi connectivity index (χ0) is 14.6. The predicted octanol–water partition coefficient (Wildman–Crippen LogP) is 0.580. The molecule has 0 radical (unpaired) electrons. The number of aliphatic hydroxyl groups excluding tert-OH is 2. The van der Waals surface area contributed by atoms with Crippen LogP contribution in [0.4, 0.5) is 0 Å². The lowest BCUT2D eigenvalue weighted by molar-refractivity contribution is -0.0457. The molecule has 1 fully saturated rings. The lowest BCUT2D eigenvalue weighted by Gasteiger charge is -2.14. The number of aliphatic hydroxyl groups is 2. The van der Waals surface area contributed by atoms with Crippen molar-refractivity contribution in [3.8, 4) is 0 Å². The van der Waals surface area contributed by atoms with Crippen LogP contribution in [-0.2, 0) is 4.74 Å². The van der Waals surface area contributed by atoms with E-state index in [4.69, 9.17) is 9.84 Å². The van der Waals surface area contributed by atoms with Crippen molar-refractivity contribution in [3.05, 3.63) is 28.1 Å². The molecule has 0 bridgehead atoms. The third-order valence-electron chi connectivity index (χ3n) is 3.81. The number of ether oxygens (including phenoxy) is 1. The molecule has 1 aliphatic rings. The fraction of sp³-hybridized carbons (Fsp3) is 0.385. The van der Waals surface area contributed by atoms with Gasteiger partial charge in [0.15, 0.2) is 0 Å². The Morgan fingerprint density at radius 2 is 2.43 bits per heavy atom. The molecule has 7 nitrogen and oxygen atoms in total. The van der Waals surface area contributed by atoms with E-state index < -0.39 is 24.1 Å². The molecule has 0 saturated carbocycles. The second kappa shape index (κ2) is 4.63. The molecule has 0 aliphatic carbocycles. The fourth-order valence-electron chi connectivity index (χ4n) is 2.73. The average Bonchev–Trinajstić information content (AvgIpc) is 3.11. The summed E-state index contributed by atoms with van der Waals surface area (Å²) >= 11 is 1.57. The van der Waals surface area contributed by atoms with E-state index in [9.17, 15) is 9.90 Å². The lowest BCUT2D eigenvalue weighted by atomic mass is 10.2. The molecule has 3 atom stereocenters. The van der Waals surface area contributed by atoms with Gasteiger partial charge in [0.2, 0.25) is 0 Å². The third kappa shape index (κ3) is 1.91. The van der Waals surface area contributed by atoms with Crippen molar-refractivity contribution in [3.63, 3.8) is 0 Å². The number of nitrogens with zero attached hydrogens (tertiary/aromatic N) is 2. The number of aromatic nitrogens is 3. The van der Waals surface area contributed by atoms with Gasteiger partial charge in [-0.05, 0) is 11.4 Å². The molecule has 21 heavy (non-hydrogen) atoms. The summed E-state index contributed by atoms with van der Waals surface area (Å²) in [6.07, 6.45) is -0.0828. The highest BCUT2D eigenvalue weighted by Gasteiger charge is 2.35. The van der Waals surface area contributed by atoms with E-state index in [-0.39, 0.29) is 13.0 Å². The van der Waals surface area contributed by atoms with Gasteiger partial charge in [0.1, 0.15) is 18.0 Å². The van der Waals surface area contributed by atoms with Crippen molar-refractivity contribution in [2.75, 3.05) is 6.61 Å². The smallest absolute Gasteiger partial charge is 0.351 e. The Bertz CT molecular complexity index is 867. The maximum absolute atomic E-state index is 12.1. The van der Waals surface area contributed by atoms with Crippen LogP contribution in [0.15, 0.2) is 22.4 Å². The second-order valence-corrected chi connectivity index (χ2v) is 6.01. The summed E-state index contributed by atoms with van der Waals surface area (Å²) in [4.78, 5) is 19.3. The molecule has 110 valence electrons. The molecule has 0 unspecified atom stereocenters. The van der Waals surface area contributed by atoms with Gasteiger partial charge in [-0.15, -0.1) is 11.3 Å². The summed E-state index contributed by atoms with van der Waals surface area (Å²) in [5.74, 6) is 0. The van der Waals surface area contributed by atoms with Crippen molar-refractivity contribution in [1.29, 1.82) is 0 Å². The van der Waals surface area contributed by atoms with Gasteiger partial charge in [-0.2, -0.15) is 4.98 Å². The first-order chi connectivity index (χ1) is 10.2. The number of nitrogens with one attached hydrogen (secondary N) is 1. The summed E-state index contributed by atoms with van der Waals surface area (Å²) in [6.45, 7) is -0.276. The maximum Gasteiger partial charge on any atom is 0.351 e. The molecule has 3 aromatic rings. The molecule has 0 spiro atoms. The second-order valence-electron chi connectivity index (χ2n) is 5.10. The first-order valence-corrected chi connectivity index (χ1v) is 7.48. The zero-order valence-corrected chi connectivity index (χ0v) is 11.7. The van der Waals surface area contributed by atoms with Crippen LogP contribution in [0.3, 0.4) is 0 Å². The molecule has 1 aliphatic heterocycles. The molecule has 0 amide bonds. The van der Waals surface area contributed by atoms with Gasteiger partial charge in [0, 0.05) is 12.6 Å². The standard InChI is InChI=1S/C13H13N3O4S/c17-5-9-8(18)3-10(20-9)16-4-6-11-7(1-2-21-11)14-12(6)15-13(16)19/h1-2,4,8-10,17-18H,3,5H2,(H,14,15,19)/t8-,9+,10+/m0/s1. The van der Waals surface area contributed by atoms with Crippen LogP contribution < -0.4 is 5.69 Å². The number of fused-ring (bicyclic) bond motifs is 3. The van der Waals surface area contributed by atoms with E-state index in [0.717, 1.165) is 15.6 Å². The van der Waals surface area contributed by atoms with Crippen molar-refractivity contribution in [2.24, 2.45) is 0 Å². The van der Waals surface area contributed by atoms with Gasteiger partial charge in [0.05, 0.1) is 28.3 Å². The molecular weight excluding hydrogens is 294 g/mol. The van der Waals surface area contributed by atoms with E-state index in [1.165, 1.54) is 4.57 Å². The van der Waals surface area contributed by atoms with E-state index in [1.807, 2.05) is 11.4 Å². The largest absolute Gasteiger partial charge is 0.394 e. The van der Waals surface area contributed by atoms with Crippen LogP contribution in [0.2, 0.25) is 0 Å². The van der Waals surface area contributed by atoms with Gasteiger partial charge in [-0.1, -0.05) is 0 Å². The highest BCUT2D eigenvalue weighted by Crippen LogP contribution is 2.31. The van der Waals surface area contributed by atoms with Crippen molar-refractivity contribution < 1.29 is 14.9 Å². The number of hydrogen-bond acceptors (Lipinski definition) is 6. The molecular formula is C13H13N3O4S. The van der Waals surface area contributed by atoms with E-state index in [2.05, 4.69) is 9.97 Å². The molecule has 3 aromatic heterocycles. The number of hydrogen-bond donors (Lipinski definition) is 3. The molecule has 1 saturated heterocycles. The highest BCUT2D eigenvalue weighted by molar-refractivity contribution is 7.18. The first kappa shape index (κ1) is 13.0. The zero-order valence-electron chi connectivity index (χ0n) is 10.9. The Hall–Kier alpha value is -1.74. The fourth-order valence-corrected chi connectivity index (χ4v) is 3.59. The minimum Gasteiger partial charge on any atom is -0.394 e. The van der Waals surface area contributed by atoms with Crippen LogP contribution in [-0.4, -0.2) is 43.6 Å². The maximum atomic E-state index is 12.1. The van der Waals surface area contributed by atoms with Crippen LogP contribution in [0.25, 0.3) is 21.3 Å². The molecule has 3 N–H and O–H groups in total. The molecule has 4 heterocycles. The highest BCUT2D eigenvalue weighted by atomic mass is 32.1. The summed E-state index contributed by atoms with van der Waals surface area (Å²) in [6, 6.07) is 1.94. The van der Waals surface area contributed by atoms with Crippen molar-refractivity contribution in [2.45, 2.75) is 24.9 Å². The minimum atomic E-state index is -0.782. The Morgan fingerprint density at radius 1 is 1.57 bits per heavy atom. The average molecular weight is 307 g/mol. The van der Waals surface area contributed by atoms with Crippen LogP contribution >= 0.6 is 11.3 Å². The van der Waals surface area contributed by atoms with E-state index in [0.29, 0.717) is 5.65 Å². The summed E-state index contributed by atoms with van der Waals surface area (Å²) in [7, 11) is 0. The number of thiophene rings is 1. The summed E-state index contributed by atoms with van der Waals surface area (Å²) < 4.78 is 7.94. The first-order valence-electron chi connectivity index (χ1n) is 6.60. The molecule has 0 aromatic carbocycles. The Balaban J connectivity index is 1.84. The Morgan fingerprint density at radius 3 is 3.19 bits per heavy atom. The SMILES string of the molecule is O=c1nc2[nH]c3ccsc3c2cn1[C@H]1C[C@H](O)[C@@H](CO)O1. The molecule has 8 heteroatoms. The lowest BCUT2D eigenvalue weighted by Crippen LogP contribution is -2.27. The molecule has 4 rings (SSSR count). The summed E-state index contributed by atoms with van der Waals surface area (Å²) in [5.41, 5.74) is 1.06. The Labute approximate surface area is 122 Å². The van der Waals surface area contributed by atoms with E-state index in [1.54, 1.807) is 17.5 Å². The quantitative estimate of drug-likeness (QED) is 0.643. The topological polar surface area (TPSA) is 100 Å². The van der Waals surface area contributed by atoms with Crippen LogP contribution in [0.5, 0.6) is 0 Å². The number of aromatic amines is 1. The van der Waals surface area contributed by atoms with Gasteiger partial charge in [-0.3, -0.25) is 4.57 Å². The number of H-pyrrole nitrogens is 1. The van der Waals surface area contributed by atoms with Crippen LogP contribution in [0, 0.1) is 0 Å². The Kier molecular flexibility index (Phi) is 2.86. The van der Waals surface area contributed by atoms with Gasteiger partial charge >= 0.3 is 5.69 Å². The van der Waals surface area contributed by atoms with Crippen molar-refractivity contribution in [1.82, 2.24) is 14.5 Å². The van der Waals surface area contributed by atoms with E-state index >= 15 is 0 Å². The monoisotopic (exact) mass is 307 g/mol. The predicted molar refractivity (Wildman–Crippen MR) is 77.4 cm³/mol. The van der Waals surface area contributed by atoms with Crippen LogP contribution in [0.1, 0.15) is 12.6 Å². The van der Waals surface area contributed by atoms with Crippen molar-refractivity contribution >= 4 is 32.6 Å². The normalized spacial score (nSPS) is 26.1.